The Morgan fingerprint density at radius 2 is 1.83 bits per heavy atom. The maximum absolute atomic E-state index is 12.8. The zero-order chi connectivity index (χ0) is 21.3. The summed E-state index contributed by atoms with van der Waals surface area (Å²) < 4.78 is 3.55. The molecular weight excluding hydrogens is 446 g/mol. The molecule has 0 aliphatic rings. The van der Waals surface area contributed by atoms with Crippen molar-refractivity contribution in [2.75, 3.05) is 0 Å². The zero-order valence-corrected chi connectivity index (χ0v) is 18.1. The van der Waals surface area contributed by atoms with Crippen LogP contribution in [-0.4, -0.2) is 25.3 Å². The van der Waals surface area contributed by atoms with Gasteiger partial charge in [0.05, 0.1) is 11.7 Å². The van der Waals surface area contributed by atoms with E-state index in [4.69, 9.17) is 0 Å². The van der Waals surface area contributed by atoms with E-state index < -0.39 is 0 Å². The summed E-state index contributed by atoms with van der Waals surface area (Å²) in [5.74, 6) is -0.283. The molecule has 2 aromatic carbocycles. The van der Waals surface area contributed by atoms with Crippen molar-refractivity contribution in [3.63, 3.8) is 0 Å². The number of rotatable bonds is 5. The number of aryl methyl sites for hydroxylation is 1. The molecule has 0 unspecified atom stereocenters. The minimum Gasteiger partial charge on any atom is -0.348 e. The van der Waals surface area contributed by atoms with Crippen LogP contribution in [0.1, 0.15) is 24.1 Å². The molecule has 0 saturated heterocycles. The molecule has 1 atom stereocenters. The van der Waals surface area contributed by atoms with Crippen molar-refractivity contribution in [2.24, 2.45) is 0 Å². The van der Waals surface area contributed by atoms with Crippen molar-refractivity contribution >= 4 is 27.4 Å². The van der Waals surface area contributed by atoms with Crippen molar-refractivity contribution in [3.8, 4) is 11.3 Å². The lowest BCUT2D eigenvalue weighted by atomic mass is 10.1. The lowest BCUT2D eigenvalue weighted by Crippen LogP contribution is -2.35. The van der Waals surface area contributed by atoms with E-state index in [0.717, 1.165) is 25.8 Å². The molecule has 152 valence electrons. The van der Waals surface area contributed by atoms with Gasteiger partial charge < -0.3 is 5.32 Å². The topological polar surface area (TPSA) is 81.3 Å². The highest BCUT2D eigenvalue weighted by molar-refractivity contribution is 9.10. The van der Waals surface area contributed by atoms with Crippen LogP contribution in [0.25, 0.3) is 16.8 Å². The van der Waals surface area contributed by atoms with Crippen molar-refractivity contribution in [3.05, 3.63) is 86.9 Å². The van der Waals surface area contributed by atoms with E-state index in [2.05, 4.69) is 31.4 Å². The van der Waals surface area contributed by atoms with Crippen molar-refractivity contribution < 1.29 is 4.79 Å². The average Bonchev–Trinajstić information content (AvgIpc) is 3.16. The average molecular weight is 466 g/mol. The largest absolute Gasteiger partial charge is 0.348 e. The number of nitrogens with zero attached hydrogens (tertiary/aromatic N) is 4. The third-order valence-corrected chi connectivity index (χ3v) is 5.41. The van der Waals surface area contributed by atoms with Gasteiger partial charge >= 0.3 is 0 Å². The van der Waals surface area contributed by atoms with Crippen LogP contribution in [0.2, 0.25) is 0 Å². The Kier molecular flexibility index (Phi) is 5.50. The molecule has 0 bridgehead atoms. The molecule has 0 radical (unpaired) electrons. The summed E-state index contributed by atoms with van der Waals surface area (Å²) in [6, 6.07) is 17.1. The second kappa shape index (κ2) is 8.23. The molecule has 0 aliphatic carbocycles. The first-order valence-corrected chi connectivity index (χ1v) is 10.3. The number of carbonyl (C=O) groups is 1. The number of halogens is 1. The van der Waals surface area contributed by atoms with Gasteiger partial charge in [0.1, 0.15) is 18.4 Å². The zero-order valence-electron chi connectivity index (χ0n) is 16.5. The van der Waals surface area contributed by atoms with Gasteiger partial charge in [0, 0.05) is 10.0 Å². The van der Waals surface area contributed by atoms with Crippen LogP contribution >= 0.6 is 15.9 Å². The summed E-state index contributed by atoms with van der Waals surface area (Å²) in [6.45, 7) is 3.76. The van der Waals surface area contributed by atoms with Gasteiger partial charge in [-0.2, -0.15) is 10.2 Å². The van der Waals surface area contributed by atoms with E-state index in [1.165, 1.54) is 10.8 Å². The molecule has 7 nitrogen and oxygen atoms in total. The number of carbonyl (C=O) groups excluding carboxylic acids is 1. The number of benzene rings is 2. The molecule has 4 rings (SSSR count). The molecule has 0 fully saturated rings. The molecule has 1 N–H and O–H groups in total. The first-order chi connectivity index (χ1) is 14.4. The first kappa shape index (κ1) is 20.0. The van der Waals surface area contributed by atoms with Crippen molar-refractivity contribution in [1.29, 1.82) is 0 Å². The van der Waals surface area contributed by atoms with E-state index >= 15 is 0 Å². The maximum atomic E-state index is 12.8. The summed E-state index contributed by atoms with van der Waals surface area (Å²) in [5, 5.41) is 11.4. The van der Waals surface area contributed by atoms with Gasteiger partial charge in [-0.05, 0) is 37.6 Å². The van der Waals surface area contributed by atoms with E-state index in [1.807, 2.05) is 62.4 Å². The smallest absolute Gasteiger partial charge is 0.293 e. The molecule has 0 spiro atoms. The van der Waals surface area contributed by atoms with Crippen LogP contribution in [0.5, 0.6) is 0 Å². The van der Waals surface area contributed by atoms with Gasteiger partial charge in [-0.3, -0.25) is 9.59 Å². The van der Waals surface area contributed by atoms with Crippen molar-refractivity contribution in [1.82, 2.24) is 24.7 Å². The molecule has 2 heterocycles. The molecule has 4 aromatic rings. The van der Waals surface area contributed by atoms with E-state index in [0.29, 0.717) is 11.2 Å². The Morgan fingerprint density at radius 1 is 1.13 bits per heavy atom. The second-order valence-corrected chi connectivity index (χ2v) is 8.08. The van der Waals surface area contributed by atoms with E-state index in [-0.39, 0.29) is 24.1 Å². The lowest BCUT2D eigenvalue weighted by molar-refractivity contribution is -0.122. The first-order valence-electron chi connectivity index (χ1n) is 9.48. The summed E-state index contributed by atoms with van der Waals surface area (Å²) in [4.78, 5) is 25.3. The highest BCUT2D eigenvalue weighted by atomic mass is 79.9. The number of amides is 1. The third-order valence-electron chi connectivity index (χ3n) is 4.88. The molecule has 2 aromatic heterocycles. The van der Waals surface area contributed by atoms with Crippen LogP contribution in [0.3, 0.4) is 0 Å². The molecule has 30 heavy (non-hydrogen) atoms. The Bertz CT molecular complexity index is 1260. The van der Waals surface area contributed by atoms with Gasteiger partial charge in [0.2, 0.25) is 5.91 Å². The molecular formula is C22H20BrN5O2. The summed E-state index contributed by atoms with van der Waals surface area (Å²) >= 11 is 3.40. The summed E-state index contributed by atoms with van der Waals surface area (Å²) in [5.41, 5.74) is 3.70. The number of hydrogen-bond acceptors (Lipinski definition) is 4. The number of nitrogens with one attached hydrogen (secondary N) is 1. The van der Waals surface area contributed by atoms with Gasteiger partial charge in [0.15, 0.2) is 0 Å². The fraction of sp³-hybridized carbons (Fsp3) is 0.182. The Hall–Kier alpha value is -3.26. The maximum Gasteiger partial charge on any atom is 0.293 e. The van der Waals surface area contributed by atoms with Crippen LogP contribution < -0.4 is 10.9 Å². The molecule has 8 heteroatoms. The van der Waals surface area contributed by atoms with Crippen molar-refractivity contribution in [2.45, 2.75) is 26.4 Å². The lowest BCUT2D eigenvalue weighted by Gasteiger charge is -2.15. The fourth-order valence-corrected chi connectivity index (χ4v) is 3.44. The molecule has 1 amide bonds. The van der Waals surface area contributed by atoms with Gasteiger partial charge in [0.25, 0.3) is 5.56 Å². The van der Waals surface area contributed by atoms with E-state index in [1.54, 1.807) is 6.07 Å². The van der Waals surface area contributed by atoms with Gasteiger partial charge in [-0.1, -0.05) is 57.9 Å². The third kappa shape index (κ3) is 4.18. The Morgan fingerprint density at radius 3 is 2.53 bits per heavy atom. The molecule has 0 saturated carbocycles. The van der Waals surface area contributed by atoms with E-state index in [9.17, 15) is 9.59 Å². The summed E-state index contributed by atoms with van der Waals surface area (Å²) in [7, 11) is 0. The van der Waals surface area contributed by atoms with Gasteiger partial charge in [-0.15, -0.1) is 0 Å². The fourth-order valence-electron chi connectivity index (χ4n) is 3.17. The predicted molar refractivity (Wildman–Crippen MR) is 118 cm³/mol. The van der Waals surface area contributed by atoms with Crippen LogP contribution in [0, 0.1) is 6.92 Å². The minimum absolute atomic E-state index is 0.162. The minimum atomic E-state index is -0.369. The quantitative estimate of drug-likeness (QED) is 0.488. The highest BCUT2D eigenvalue weighted by Crippen LogP contribution is 2.21. The number of aromatic nitrogens is 4. The second-order valence-electron chi connectivity index (χ2n) is 7.16. The molecule has 0 aliphatic heterocycles. The predicted octanol–water partition coefficient (Wildman–Crippen LogP) is 3.51. The van der Waals surface area contributed by atoms with Crippen LogP contribution in [0.4, 0.5) is 0 Å². The number of fused-ring (bicyclic) bond motifs is 1. The SMILES string of the molecule is Cc1ccc([C@@H](C)NC(=O)Cn2ncn3nc(-c4ccc(Br)cc4)cc3c2=O)cc1. The summed E-state index contributed by atoms with van der Waals surface area (Å²) in [6.07, 6.45) is 1.44. The highest BCUT2D eigenvalue weighted by Gasteiger charge is 2.14. The number of hydrogen-bond donors (Lipinski definition) is 1. The van der Waals surface area contributed by atoms with Crippen LogP contribution in [-0.2, 0) is 11.3 Å². The van der Waals surface area contributed by atoms with Crippen LogP contribution in [0.15, 0.2) is 70.2 Å². The normalized spacial score (nSPS) is 12.1. The Labute approximate surface area is 181 Å². The standard InChI is InChI=1S/C22H20BrN5O2/c1-14-3-5-16(6-4-14)15(2)25-21(29)12-27-22(30)20-11-19(26-28(20)13-24-27)17-7-9-18(23)10-8-17/h3-11,13,15H,12H2,1-2H3,(H,25,29)/t15-/m1/s1. The monoisotopic (exact) mass is 465 g/mol. The Balaban J connectivity index is 1.53. The van der Waals surface area contributed by atoms with Gasteiger partial charge in [-0.25, -0.2) is 9.20 Å².